The summed E-state index contributed by atoms with van der Waals surface area (Å²) in [6.45, 7) is 12.4. The summed E-state index contributed by atoms with van der Waals surface area (Å²) in [5.41, 5.74) is 1.03. The standard InChI is InChI=1S/C41H59N5O7/c1-28(2)23-33(37(48)41(5)27-53-41)43-40(51)35(25-31-15-10-7-11-16-31)45-39(50)34(24-29(3)4)44-38(49)32(18-12-17-30-13-8-6-9-14-30)42-36(47)26-46-19-21-52-22-20-46/h6-11,13-16,28-29,32-35H,12,17-27H2,1-5H3,(H,42,47)(H,43,51)(H,44,49)(H,45,50)/t32-,33+,34-,35+,41-/m1/s1. The summed E-state index contributed by atoms with van der Waals surface area (Å²) in [6, 6.07) is 15.6. The molecule has 2 aliphatic rings. The molecule has 12 heteroatoms. The number of amides is 4. The minimum atomic E-state index is -1.03. The molecule has 5 atom stereocenters. The molecule has 0 unspecified atom stereocenters. The Labute approximate surface area is 314 Å². The molecule has 4 N–H and O–H groups in total. The van der Waals surface area contributed by atoms with E-state index in [0.717, 1.165) is 17.5 Å². The number of rotatable bonds is 21. The molecule has 0 bridgehead atoms. The largest absolute Gasteiger partial charge is 0.379 e. The molecule has 0 aliphatic carbocycles. The van der Waals surface area contributed by atoms with Gasteiger partial charge in [-0.1, -0.05) is 88.4 Å². The van der Waals surface area contributed by atoms with Crippen LogP contribution in [0.5, 0.6) is 0 Å². The zero-order valence-electron chi connectivity index (χ0n) is 32.0. The average Bonchev–Trinajstić information content (AvgIpc) is 3.88. The summed E-state index contributed by atoms with van der Waals surface area (Å²) in [6.07, 6.45) is 2.64. The van der Waals surface area contributed by atoms with Gasteiger partial charge in [0.1, 0.15) is 23.7 Å². The second-order valence-electron chi connectivity index (χ2n) is 15.4. The molecule has 0 spiro atoms. The van der Waals surface area contributed by atoms with Crippen molar-refractivity contribution < 1.29 is 33.4 Å². The first-order chi connectivity index (χ1) is 25.3. The first kappa shape index (κ1) is 41.6. The Morgan fingerprint density at radius 1 is 0.698 bits per heavy atom. The van der Waals surface area contributed by atoms with Gasteiger partial charge >= 0.3 is 0 Å². The predicted molar refractivity (Wildman–Crippen MR) is 203 cm³/mol. The first-order valence-electron chi connectivity index (χ1n) is 19.1. The van der Waals surface area contributed by atoms with Crippen molar-refractivity contribution in [1.82, 2.24) is 26.2 Å². The fraction of sp³-hybridized carbons (Fsp3) is 0.585. The van der Waals surface area contributed by atoms with Gasteiger partial charge in [-0.2, -0.15) is 0 Å². The van der Waals surface area contributed by atoms with E-state index in [2.05, 4.69) is 21.3 Å². The third-order valence-electron chi connectivity index (χ3n) is 9.62. The number of ether oxygens (including phenoxy) is 2. The van der Waals surface area contributed by atoms with E-state index in [1.807, 2.05) is 93.3 Å². The summed E-state index contributed by atoms with van der Waals surface area (Å²) in [5.74, 6) is -1.79. The molecule has 2 aliphatic heterocycles. The number of nitrogens with zero attached hydrogens (tertiary/aromatic N) is 1. The topological polar surface area (TPSA) is 158 Å². The van der Waals surface area contributed by atoms with Crippen molar-refractivity contribution in [2.75, 3.05) is 39.5 Å². The number of nitrogens with one attached hydrogen (secondary N) is 4. The maximum Gasteiger partial charge on any atom is 0.243 e. The lowest BCUT2D eigenvalue weighted by molar-refractivity contribution is -0.135. The predicted octanol–water partition coefficient (Wildman–Crippen LogP) is 2.97. The fourth-order valence-electron chi connectivity index (χ4n) is 6.53. The minimum absolute atomic E-state index is 0.0206. The number of Topliss-reactive ketones (excluding diaryl/α,β-unsaturated/α-hetero) is 1. The Kier molecular flexibility index (Phi) is 16.0. The van der Waals surface area contributed by atoms with Crippen molar-refractivity contribution in [1.29, 1.82) is 0 Å². The highest BCUT2D eigenvalue weighted by atomic mass is 16.6. The molecule has 2 aromatic rings. The molecule has 0 radical (unpaired) electrons. The number of morpholine rings is 1. The Balaban J connectivity index is 1.50. The smallest absolute Gasteiger partial charge is 0.243 e. The van der Waals surface area contributed by atoms with Gasteiger partial charge < -0.3 is 30.7 Å². The maximum atomic E-state index is 14.1. The number of epoxide rings is 1. The number of carbonyl (C=O) groups is 5. The lowest BCUT2D eigenvalue weighted by Crippen LogP contribution is -2.59. The van der Waals surface area contributed by atoms with E-state index < -0.39 is 47.5 Å². The summed E-state index contributed by atoms with van der Waals surface area (Å²) < 4.78 is 10.8. The number of benzene rings is 2. The third kappa shape index (κ3) is 14.0. The van der Waals surface area contributed by atoms with Gasteiger partial charge in [-0.15, -0.1) is 0 Å². The lowest BCUT2D eigenvalue weighted by Gasteiger charge is -2.29. The van der Waals surface area contributed by atoms with Crippen LogP contribution in [0.15, 0.2) is 60.7 Å². The van der Waals surface area contributed by atoms with Gasteiger partial charge in [0.05, 0.1) is 32.4 Å². The number of aryl methyl sites for hydroxylation is 1. The molecule has 4 rings (SSSR count). The van der Waals surface area contributed by atoms with E-state index in [9.17, 15) is 24.0 Å². The van der Waals surface area contributed by atoms with Gasteiger partial charge in [-0.25, -0.2) is 0 Å². The highest BCUT2D eigenvalue weighted by Crippen LogP contribution is 2.29. The van der Waals surface area contributed by atoms with Crippen molar-refractivity contribution in [3.63, 3.8) is 0 Å². The van der Waals surface area contributed by atoms with Crippen molar-refractivity contribution in [2.24, 2.45) is 11.8 Å². The van der Waals surface area contributed by atoms with Crippen LogP contribution in [-0.2, 0) is 46.3 Å². The quantitative estimate of drug-likeness (QED) is 0.143. The van der Waals surface area contributed by atoms with Crippen LogP contribution in [0, 0.1) is 11.8 Å². The average molecular weight is 734 g/mol. The molecule has 4 amide bonds. The van der Waals surface area contributed by atoms with Crippen molar-refractivity contribution in [3.8, 4) is 0 Å². The second kappa shape index (κ2) is 20.4. The van der Waals surface area contributed by atoms with Crippen LogP contribution in [-0.4, -0.2) is 104 Å². The number of ketones is 1. The lowest BCUT2D eigenvalue weighted by atomic mass is 9.93. The zero-order valence-corrected chi connectivity index (χ0v) is 32.0. The van der Waals surface area contributed by atoms with Crippen LogP contribution in [0.4, 0.5) is 0 Å². The van der Waals surface area contributed by atoms with E-state index in [0.29, 0.717) is 58.6 Å². The van der Waals surface area contributed by atoms with E-state index >= 15 is 0 Å². The molecule has 0 saturated carbocycles. The molecule has 12 nitrogen and oxygen atoms in total. The highest BCUT2D eigenvalue weighted by Gasteiger charge is 2.50. The Morgan fingerprint density at radius 3 is 1.79 bits per heavy atom. The van der Waals surface area contributed by atoms with E-state index in [-0.39, 0.29) is 36.5 Å². The first-order valence-corrected chi connectivity index (χ1v) is 19.1. The molecule has 0 aromatic heterocycles. The van der Waals surface area contributed by atoms with Crippen LogP contribution < -0.4 is 21.3 Å². The molecule has 2 aromatic carbocycles. The van der Waals surface area contributed by atoms with Gasteiger partial charge in [0, 0.05) is 19.5 Å². The van der Waals surface area contributed by atoms with Gasteiger partial charge in [0.15, 0.2) is 5.78 Å². The summed E-state index contributed by atoms with van der Waals surface area (Å²) in [4.78, 5) is 70.6. The number of carbonyl (C=O) groups excluding carboxylic acids is 5. The van der Waals surface area contributed by atoms with Gasteiger partial charge in [-0.05, 0) is 62.0 Å². The SMILES string of the molecule is CC(C)C[C@H](NC(=O)[C@H](Cc1ccccc1)NC(=O)[C@@H](CC(C)C)NC(=O)[C@@H](CCCc1ccccc1)NC(=O)CN1CCOCC1)C(=O)[C@@]1(C)CO1. The Bertz CT molecular complexity index is 1490. The number of hydrogen-bond acceptors (Lipinski definition) is 8. The molecule has 53 heavy (non-hydrogen) atoms. The third-order valence-corrected chi connectivity index (χ3v) is 9.62. The molecular formula is C41H59N5O7. The van der Waals surface area contributed by atoms with Crippen molar-refractivity contribution >= 4 is 29.4 Å². The monoisotopic (exact) mass is 733 g/mol. The van der Waals surface area contributed by atoms with Crippen LogP contribution >= 0.6 is 0 Å². The van der Waals surface area contributed by atoms with Crippen LogP contribution in [0.1, 0.15) is 71.4 Å². The Hall–Kier alpha value is -4.13. The summed E-state index contributed by atoms with van der Waals surface area (Å²) in [7, 11) is 0. The van der Waals surface area contributed by atoms with Crippen molar-refractivity contribution in [2.45, 2.75) is 103 Å². The minimum Gasteiger partial charge on any atom is -0.379 e. The Morgan fingerprint density at radius 2 is 1.21 bits per heavy atom. The summed E-state index contributed by atoms with van der Waals surface area (Å²) in [5, 5.41) is 11.7. The van der Waals surface area contributed by atoms with Crippen LogP contribution in [0.3, 0.4) is 0 Å². The molecule has 2 heterocycles. The molecule has 2 fully saturated rings. The van der Waals surface area contributed by atoms with Crippen LogP contribution in [0.2, 0.25) is 0 Å². The highest BCUT2D eigenvalue weighted by molar-refractivity contribution is 5.98. The normalized spacial score (nSPS) is 19.5. The zero-order chi connectivity index (χ0) is 38.4. The maximum absolute atomic E-state index is 14.1. The molecule has 290 valence electrons. The van der Waals surface area contributed by atoms with E-state index in [1.165, 1.54) is 0 Å². The van der Waals surface area contributed by atoms with E-state index in [1.54, 1.807) is 6.92 Å². The summed E-state index contributed by atoms with van der Waals surface area (Å²) >= 11 is 0. The second-order valence-corrected chi connectivity index (χ2v) is 15.4. The molecule has 2 saturated heterocycles. The van der Waals surface area contributed by atoms with Gasteiger partial charge in [0.25, 0.3) is 0 Å². The van der Waals surface area contributed by atoms with Crippen molar-refractivity contribution in [3.05, 3.63) is 71.8 Å². The number of hydrogen-bond donors (Lipinski definition) is 4. The fourth-order valence-corrected chi connectivity index (χ4v) is 6.53. The van der Waals surface area contributed by atoms with E-state index in [4.69, 9.17) is 9.47 Å². The molecular weight excluding hydrogens is 674 g/mol. The van der Waals surface area contributed by atoms with Gasteiger partial charge in [0.2, 0.25) is 23.6 Å². The van der Waals surface area contributed by atoms with Gasteiger partial charge in [-0.3, -0.25) is 28.9 Å². The van der Waals surface area contributed by atoms with Crippen LogP contribution in [0.25, 0.3) is 0 Å².